The predicted octanol–water partition coefficient (Wildman–Crippen LogP) is 3.26. The lowest BCUT2D eigenvalue weighted by molar-refractivity contribution is -0.237. The Labute approximate surface area is 116 Å². The molecule has 1 atom stereocenters. The van der Waals surface area contributed by atoms with E-state index >= 15 is 0 Å². The highest BCUT2D eigenvalue weighted by molar-refractivity contribution is 6.13. The molecule has 0 saturated heterocycles. The third-order valence-corrected chi connectivity index (χ3v) is 3.44. The first-order valence-corrected chi connectivity index (χ1v) is 7.79. The summed E-state index contributed by atoms with van der Waals surface area (Å²) in [7, 11) is 3.63. The summed E-state index contributed by atoms with van der Waals surface area (Å²) in [4.78, 5) is 0. The van der Waals surface area contributed by atoms with Gasteiger partial charge in [0.25, 0.3) is 0 Å². The lowest BCUT2D eigenvalue weighted by Crippen LogP contribution is -2.49. The molecule has 0 aromatic heterocycles. The minimum atomic E-state index is -0.800. The molecule has 1 unspecified atom stereocenters. The molecule has 3 nitrogen and oxygen atoms in total. The first kappa shape index (κ1) is 18.1. The Morgan fingerprint density at radius 2 is 1.50 bits per heavy atom. The Morgan fingerprint density at radius 1 is 0.889 bits per heavy atom. The normalized spacial score (nSPS) is 13.8. The average Bonchev–Trinajstić information content (AvgIpc) is 2.33. The van der Waals surface area contributed by atoms with Crippen molar-refractivity contribution in [3.05, 3.63) is 0 Å². The van der Waals surface area contributed by atoms with Crippen LogP contribution in [0.2, 0.25) is 0 Å². The first-order chi connectivity index (χ1) is 8.64. The molecule has 0 N–H and O–H groups in total. The zero-order valence-corrected chi connectivity index (χ0v) is 13.5. The highest BCUT2D eigenvalue weighted by atomic mass is 28.1. The molecule has 0 amide bonds. The molecular weight excluding hydrogens is 244 g/mol. The number of ether oxygens (including phenoxy) is 3. The molecule has 0 fully saturated rings. The number of unbranched alkanes of at least 4 members (excludes halogenated alkanes) is 3. The van der Waals surface area contributed by atoms with Crippen LogP contribution in [0.4, 0.5) is 0 Å². The molecule has 3 radical (unpaired) electrons. The molecule has 0 aromatic carbocycles. The van der Waals surface area contributed by atoms with Crippen molar-refractivity contribution in [2.24, 2.45) is 0 Å². The van der Waals surface area contributed by atoms with E-state index in [1.165, 1.54) is 19.3 Å². The molecule has 0 spiro atoms. The van der Waals surface area contributed by atoms with Crippen LogP contribution < -0.4 is 0 Å². The van der Waals surface area contributed by atoms with Gasteiger partial charge in [0.2, 0.25) is 0 Å². The topological polar surface area (TPSA) is 27.7 Å². The van der Waals surface area contributed by atoms with Crippen molar-refractivity contribution in [3.63, 3.8) is 0 Å². The van der Waals surface area contributed by atoms with Crippen LogP contribution in [0.1, 0.15) is 59.8 Å². The molecule has 0 heterocycles. The summed E-state index contributed by atoms with van der Waals surface area (Å²) in [6.07, 6.45) is 5.80. The minimum absolute atomic E-state index is 0.0593. The molecular formula is C14H29O3Si. The molecule has 18 heavy (non-hydrogen) atoms. The highest BCUT2D eigenvalue weighted by Crippen LogP contribution is 2.23. The molecule has 0 aliphatic carbocycles. The van der Waals surface area contributed by atoms with Crippen LogP contribution in [0.5, 0.6) is 0 Å². The smallest absolute Gasteiger partial charge is 0.169 e. The number of rotatable bonds is 12. The van der Waals surface area contributed by atoms with E-state index in [2.05, 4.69) is 17.2 Å². The van der Waals surface area contributed by atoms with Crippen LogP contribution in [0.3, 0.4) is 0 Å². The van der Waals surface area contributed by atoms with Crippen molar-refractivity contribution in [2.45, 2.75) is 71.3 Å². The standard InChI is InChI=1S/C14H29O3Si/c1-5-9-10-11-12-13(15-6-2)14(18,16-7-3)17-8-4/h13H,5-12H2,1-4H3. The SMILES string of the molecule is CCCCCCC(OCC)C([Si])(OCC)OCC. The summed E-state index contributed by atoms with van der Waals surface area (Å²) in [5, 5.41) is 0. The fraction of sp³-hybridized carbons (Fsp3) is 1.00. The van der Waals surface area contributed by atoms with Gasteiger partial charge >= 0.3 is 0 Å². The second kappa shape index (κ2) is 11.0. The maximum Gasteiger partial charge on any atom is 0.169 e. The summed E-state index contributed by atoms with van der Waals surface area (Å²) in [6, 6.07) is 0. The second-order valence-corrected chi connectivity index (χ2v) is 5.02. The zero-order chi connectivity index (χ0) is 13.9. The second-order valence-electron chi connectivity index (χ2n) is 4.33. The van der Waals surface area contributed by atoms with E-state index < -0.39 is 5.41 Å². The Balaban J connectivity index is 4.38. The van der Waals surface area contributed by atoms with E-state index in [0.717, 1.165) is 12.8 Å². The number of hydrogen-bond acceptors (Lipinski definition) is 3. The molecule has 0 aliphatic heterocycles. The van der Waals surface area contributed by atoms with Crippen molar-refractivity contribution in [1.82, 2.24) is 0 Å². The molecule has 107 valence electrons. The van der Waals surface area contributed by atoms with Crippen molar-refractivity contribution >= 4 is 10.2 Å². The number of hydrogen-bond donors (Lipinski definition) is 0. The average molecular weight is 273 g/mol. The molecule has 0 saturated carbocycles. The van der Waals surface area contributed by atoms with Crippen molar-refractivity contribution in [2.75, 3.05) is 19.8 Å². The summed E-state index contributed by atoms with van der Waals surface area (Å²) in [5.41, 5.74) is -0.800. The van der Waals surface area contributed by atoms with Crippen molar-refractivity contribution in [1.29, 1.82) is 0 Å². The molecule has 0 rings (SSSR count). The van der Waals surface area contributed by atoms with Crippen LogP contribution in [0.15, 0.2) is 0 Å². The van der Waals surface area contributed by atoms with Gasteiger partial charge in [-0.3, -0.25) is 0 Å². The van der Waals surface area contributed by atoms with Gasteiger partial charge in [-0.1, -0.05) is 32.6 Å². The summed E-state index contributed by atoms with van der Waals surface area (Å²) < 4.78 is 17.2. The molecule has 4 heteroatoms. The highest BCUT2D eigenvalue weighted by Gasteiger charge is 2.35. The fourth-order valence-corrected chi connectivity index (χ4v) is 2.51. The van der Waals surface area contributed by atoms with E-state index in [-0.39, 0.29) is 6.10 Å². The van der Waals surface area contributed by atoms with Gasteiger partial charge in [-0.15, -0.1) is 0 Å². The molecule has 0 bridgehead atoms. The van der Waals surface area contributed by atoms with Gasteiger partial charge in [0, 0.05) is 19.8 Å². The van der Waals surface area contributed by atoms with Gasteiger partial charge < -0.3 is 14.2 Å². The summed E-state index contributed by atoms with van der Waals surface area (Å²) in [5.74, 6) is 0. The van der Waals surface area contributed by atoms with Gasteiger partial charge in [-0.05, 0) is 27.2 Å². The largest absolute Gasteiger partial charge is 0.373 e. The van der Waals surface area contributed by atoms with Gasteiger partial charge in [0.1, 0.15) is 16.3 Å². The van der Waals surface area contributed by atoms with Crippen LogP contribution in [-0.4, -0.2) is 41.6 Å². The van der Waals surface area contributed by atoms with E-state index in [1.54, 1.807) is 0 Å². The van der Waals surface area contributed by atoms with E-state index in [4.69, 9.17) is 14.2 Å². The lowest BCUT2D eigenvalue weighted by Gasteiger charge is -2.37. The van der Waals surface area contributed by atoms with Crippen molar-refractivity contribution < 1.29 is 14.2 Å². The quantitative estimate of drug-likeness (QED) is 0.310. The maximum absolute atomic E-state index is 5.79. The monoisotopic (exact) mass is 273 g/mol. The van der Waals surface area contributed by atoms with E-state index in [0.29, 0.717) is 19.8 Å². The summed E-state index contributed by atoms with van der Waals surface area (Å²) >= 11 is 0. The van der Waals surface area contributed by atoms with Crippen LogP contribution in [-0.2, 0) is 14.2 Å². The van der Waals surface area contributed by atoms with Gasteiger partial charge in [-0.2, -0.15) is 0 Å². The van der Waals surface area contributed by atoms with Crippen LogP contribution in [0, 0.1) is 0 Å². The Kier molecular flexibility index (Phi) is 11.0. The fourth-order valence-electron chi connectivity index (χ4n) is 2.00. The van der Waals surface area contributed by atoms with E-state index in [1.807, 2.05) is 20.8 Å². The van der Waals surface area contributed by atoms with E-state index in [9.17, 15) is 0 Å². The zero-order valence-electron chi connectivity index (χ0n) is 12.5. The Hall–Kier alpha value is 0.0969. The minimum Gasteiger partial charge on any atom is -0.373 e. The Morgan fingerprint density at radius 3 is 1.94 bits per heavy atom. The van der Waals surface area contributed by atoms with Crippen LogP contribution >= 0.6 is 0 Å². The van der Waals surface area contributed by atoms with Gasteiger partial charge in [-0.25, -0.2) is 0 Å². The molecule has 0 aromatic rings. The Bertz CT molecular complexity index is 182. The summed E-state index contributed by atoms with van der Waals surface area (Å²) in [6.45, 7) is 10.0. The maximum atomic E-state index is 5.79. The first-order valence-electron chi connectivity index (χ1n) is 7.29. The van der Waals surface area contributed by atoms with Gasteiger partial charge in [0.05, 0.1) is 0 Å². The van der Waals surface area contributed by atoms with Crippen LogP contribution in [0.25, 0.3) is 0 Å². The van der Waals surface area contributed by atoms with Gasteiger partial charge in [0.15, 0.2) is 5.41 Å². The third-order valence-electron chi connectivity index (χ3n) is 2.83. The lowest BCUT2D eigenvalue weighted by atomic mass is 10.1. The molecule has 0 aliphatic rings. The third kappa shape index (κ3) is 6.88. The predicted molar refractivity (Wildman–Crippen MR) is 75.9 cm³/mol. The van der Waals surface area contributed by atoms with Crippen molar-refractivity contribution in [3.8, 4) is 0 Å².